The molecule has 0 spiro atoms. The van der Waals surface area contributed by atoms with E-state index < -0.39 is 12.7 Å². The van der Waals surface area contributed by atoms with Gasteiger partial charge in [0.2, 0.25) is 0 Å². The minimum Gasteiger partial charge on any atom is -0.467 e. The van der Waals surface area contributed by atoms with Crippen molar-refractivity contribution in [3.63, 3.8) is 0 Å². The molecule has 2 aromatic rings. The number of alkyl halides is 2. The van der Waals surface area contributed by atoms with E-state index in [2.05, 4.69) is 4.74 Å². The van der Waals surface area contributed by atoms with Gasteiger partial charge in [-0.3, -0.25) is 4.79 Å². The van der Waals surface area contributed by atoms with Crippen molar-refractivity contribution in [1.82, 2.24) is 4.90 Å². The number of halogens is 2. The molecule has 146 valence electrons. The molecule has 1 aromatic carbocycles. The van der Waals surface area contributed by atoms with Gasteiger partial charge in [-0.25, -0.2) is 0 Å². The molecule has 0 radical (unpaired) electrons. The summed E-state index contributed by atoms with van der Waals surface area (Å²) in [6.07, 6.45) is 4.69. The Hall–Kier alpha value is -2.41. The van der Waals surface area contributed by atoms with Crippen molar-refractivity contribution in [3.05, 3.63) is 54.0 Å². The maximum Gasteiger partial charge on any atom is 0.387 e. The third kappa shape index (κ3) is 5.07. The fourth-order valence-electron chi connectivity index (χ4n) is 3.52. The van der Waals surface area contributed by atoms with Gasteiger partial charge in [0, 0.05) is 24.6 Å². The van der Waals surface area contributed by atoms with E-state index >= 15 is 0 Å². The molecule has 1 fully saturated rings. The predicted molar refractivity (Wildman–Crippen MR) is 94.7 cm³/mol. The van der Waals surface area contributed by atoms with E-state index in [1.165, 1.54) is 24.5 Å². The Labute approximate surface area is 156 Å². The van der Waals surface area contributed by atoms with Crippen molar-refractivity contribution in [2.45, 2.75) is 50.9 Å². The van der Waals surface area contributed by atoms with Crippen LogP contribution in [0.15, 0.2) is 47.1 Å². The van der Waals surface area contributed by atoms with Gasteiger partial charge in [0.1, 0.15) is 17.6 Å². The van der Waals surface area contributed by atoms with Gasteiger partial charge < -0.3 is 19.2 Å². The largest absolute Gasteiger partial charge is 0.467 e. The van der Waals surface area contributed by atoms with E-state index in [9.17, 15) is 18.7 Å². The molecule has 1 saturated heterocycles. The Morgan fingerprint density at radius 3 is 2.85 bits per heavy atom. The number of benzene rings is 1. The number of hydrogen-bond donors (Lipinski definition) is 1. The molecule has 1 aliphatic heterocycles. The van der Waals surface area contributed by atoms with Crippen LogP contribution in [0.5, 0.6) is 5.75 Å². The first-order valence-corrected chi connectivity index (χ1v) is 9.12. The number of amides is 1. The minimum atomic E-state index is -2.94. The lowest BCUT2D eigenvalue weighted by atomic mass is 10.0. The first-order chi connectivity index (χ1) is 13.0. The summed E-state index contributed by atoms with van der Waals surface area (Å²) >= 11 is 0. The molecule has 27 heavy (non-hydrogen) atoms. The number of hydrogen-bond acceptors (Lipinski definition) is 4. The van der Waals surface area contributed by atoms with Crippen LogP contribution in [0.25, 0.3) is 0 Å². The van der Waals surface area contributed by atoms with E-state index in [4.69, 9.17) is 4.42 Å². The smallest absolute Gasteiger partial charge is 0.387 e. The molecule has 1 N–H and O–H groups in total. The monoisotopic (exact) mass is 379 g/mol. The van der Waals surface area contributed by atoms with Crippen LogP contribution >= 0.6 is 0 Å². The highest BCUT2D eigenvalue weighted by atomic mass is 19.3. The first kappa shape index (κ1) is 19.4. The molecule has 5 nitrogen and oxygen atoms in total. The molecule has 0 bridgehead atoms. The lowest BCUT2D eigenvalue weighted by molar-refractivity contribution is -0.0499. The van der Waals surface area contributed by atoms with E-state index in [-0.39, 0.29) is 17.7 Å². The third-order valence-electron chi connectivity index (χ3n) is 4.81. The quantitative estimate of drug-likeness (QED) is 0.809. The van der Waals surface area contributed by atoms with Crippen molar-refractivity contribution in [1.29, 1.82) is 0 Å². The normalized spacial score (nSPS) is 19.0. The van der Waals surface area contributed by atoms with E-state index in [0.717, 1.165) is 25.7 Å². The zero-order chi connectivity index (χ0) is 19.2. The van der Waals surface area contributed by atoms with Crippen LogP contribution in [0.3, 0.4) is 0 Å². The van der Waals surface area contributed by atoms with Crippen LogP contribution < -0.4 is 4.74 Å². The van der Waals surface area contributed by atoms with Crippen molar-refractivity contribution in [2.75, 3.05) is 6.54 Å². The second-order valence-electron chi connectivity index (χ2n) is 6.67. The van der Waals surface area contributed by atoms with Crippen LogP contribution in [-0.4, -0.2) is 35.1 Å². The lowest BCUT2D eigenvalue weighted by Gasteiger charge is -2.31. The Kier molecular flexibility index (Phi) is 6.45. The number of furan rings is 1. The topological polar surface area (TPSA) is 62.9 Å². The Bertz CT molecular complexity index is 735. The molecule has 1 amide bonds. The van der Waals surface area contributed by atoms with Gasteiger partial charge in [-0.1, -0.05) is 18.9 Å². The molecule has 2 unspecified atom stereocenters. The van der Waals surface area contributed by atoms with Crippen LogP contribution in [0.2, 0.25) is 0 Å². The van der Waals surface area contributed by atoms with E-state index in [1.807, 2.05) is 0 Å². The molecule has 2 heterocycles. The summed E-state index contributed by atoms with van der Waals surface area (Å²) in [5, 5.41) is 10.4. The number of aliphatic hydroxyl groups is 1. The summed E-state index contributed by atoms with van der Waals surface area (Å²) in [5.74, 6) is 0.185. The molecule has 2 atom stereocenters. The molecule has 7 heteroatoms. The number of ether oxygens (including phenoxy) is 1. The summed E-state index contributed by atoms with van der Waals surface area (Å²) in [6.45, 7) is -2.38. The summed E-state index contributed by atoms with van der Waals surface area (Å²) in [6, 6.07) is 9.10. The van der Waals surface area contributed by atoms with Crippen LogP contribution in [0.4, 0.5) is 8.78 Å². The lowest BCUT2D eigenvalue weighted by Crippen LogP contribution is -2.40. The Morgan fingerprint density at radius 1 is 1.26 bits per heavy atom. The number of rotatable bonds is 6. The Morgan fingerprint density at radius 2 is 2.11 bits per heavy atom. The number of nitrogens with zero attached hydrogens (tertiary/aromatic N) is 1. The number of carbonyl (C=O) groups excluding carboxylic acids is 1. The number of aliphatic hydroxyl groups excluding tert-OH is 1. The van der Waals surface area contributed by atoms with Gasteiger partial charge in [0.25, 0.3) is 5.91 Å². The Balaban J connectivity index is 1.77. The van der Waals surface area contributed by atoms with E-state index in [1.54, 1.807) is 23.1 Å². The van der Waals surface area contributed by atoms with E-state index in [0.29, 0.717) is 24.3 Å². The van der Waals surface area contributed by atoms with Gasteiger partial charge in [-0.15, -0.1) is 0 Å². The van der Waals surface area contributed by atoms with Gasteiger partial charge in [0.05, 0.1) is 6.26 Å². The van der Waals surface area contributed by atoms with Crippen molar-refractivity contribution >= 4 is 5.91 Å². The highest BCUT2D eigenvalue weighted by molar-refractivity contribution is 5.94. The third-order valence-corrected chi connectivity index (χ3v) is 4.81. The number of likely N-dealkylation sites (tertiary alicyclic amines) is 1. The zero-order valence-corrected chi connectivity index (χ0v) is 14.9. The summed E-state index contributed by atoms with van der Waals surface area (Å²) in [7, 11) is 0. The zero-order valence-electron chi connectivity index (χ0n) is 14.9. The van der Waals surface area contributed by atoms with Crippen molar-refractivity contribution < 1.29 is 27.8 Å². The van der Waals surface area contributed by atoms with Gasteiger partial charge in [0.15, 0.2) is 0 Å². The van der Waals surface area contributed by atoms with Crippen LogP contribution in [-0.2, 0) is 0 Å². The second kappa shape index (κ2) is 8.99. The van der Waals surface area contributed by atoms with Crippen molar-refractivity contribution in [3.8, 4) is 5.75 Å². The van der Waals surface area contributed by atoms with Crippen LogP contribution in [0.1, 0.15) is 54.3 Å². The maximum atomic E-state index is 13.0. The average molecular weight is 379 g/mol. The number of carbonyl (C=O) groups is 1. The standard InChI is InChI=1S/C20H23F2NO4/c21-20(22)27-16-8-4-6-14(12-16)19(25)23-10-3-1-2-7-15(23)13-17(24)18-9-5-11-26-18/h4-6,8-9,11-12,15,17,20,24H,1-3,7,10,13H2. The summed E-state index contributed by atoms with van der Waals surface area (Å²) < 4.78 is 34.6. The fraction of sp³-hybridized carbons (Fsp3) is 0.450. The predicted octanol–water partition coefficient (Wildman–Crippen LogP) is 4.39. The first-order valence-electron chi connectivity index (χ1n) is 9.12. The average Bonchev–Trinajstić information content (AvgIpc) is 3.09. The molecule has 0 saturated carbocycles. The van der Waals surface area contributed by atoms with Crippen LogP contribution in [0, 0.1) is 0 Å². The van der Waals surface area contributed by atoms with Gasteiger partial charge >= 0.3 is 6.61 Å². The molecule has 1 aromatic heterocycles. The van der Waals surface area contributed by atoms with Gasteiger partial charge in [-0.2, -0.15) is 8.78 Å². The fourth-order valence-corrected chi connectivity index (χ4v) is 3.52. The molecule has 3 rings (SSSR count). The maximum absolute atomic E-state index is 13.0. The highest BCUT2D eigenvalue weighted by Gasteiger charge is 2.29. The minimum absolute atomic E-state index is 0.0437. The molecule has 0 aliphatic carbocycles. The highest BCUT2D eigenvalue weighted by Crippen LogP contribution is 2.28. The van der Waals surface area contributed by atoms with Crippen molar-refractivity contribution in [2.24, 2.45) is 0 Å². The summed E-state index contributed by atoms with van der Waals surface area (Å²) in [5.41, 5.74) is 0.299. The molecule has 1 aliphatic rings. The van der Waals surface area contributed by atoms with Gasteiger partial charge in [-0.05, 0) is 43.2 Å². The SMILES string of the molecule is O=C(c1cccc(OC(F)F)c1)N1CCCCCC1CC(O)c1ccco1. The molecular weight excluding hydrogens is 356 g/mol. The second-order valence-corrected chi connectivity index (χ2v) is 6.67. The summed E-state index contributed by atoms with van der Waals surface area (Å²) in [4.78, 5) is 14.8. The molecular formula is C20H23F2NO4.